The molecular weight excluding hydrogens is 358 g/mol. The van der Waals surface area contributed by atoms with Crippen molar-refractivity contribution in [2.24, 2.45) is 0 Å². The molecule has 5 nitrogen and oxygen atoms in total. The molecule has 3 aromatic rings. The molecule has 1 amide bonds. The zero-order chi connectivity index (χ0) is 16.6. The monoisotopic (exact) mass is 375 g/mol. The standard InChI is InChI=1S/C17H18BrN3O2/c1-4-13-12(11-7-5-6-8-14(11)23-13)9-21(3)17(22)16-15(18)10(2)19-20-16/h5-8H,4,9H2,1-3H3,(H,19,20). The van der Waals surface area contributed by atoms with Gasteiger partial charge in [-0.2, -0.15) is 5.10 Å². The quantitative estimate of drug-likeness (QED) is 0.747. The summed E-state index contributed by atoms with van der Waals surface area (Å²) in [6, 6.07) is 7.91. The summed E-state index contributed by atoms with van der Waals surface area (Å²) in [6.45, 7) is 4.40. The number of aromatic amines is 1. The van der Waals surface area contributed by atoms with E-state index in [1.807, 2.05) is 31.2 Å². The van der Waals surface area contributed by atoms with E-state index >= 15 is 0 Å². The predicted molar refractivity (Wildman–Crippen MR) is 92.4 cm³/mol. The van der Waals surface area contributed by atoms with Gasteiger partial charge in [0, 0.05) is 36.7 Å². The van der Waals surface area contributed by atoms with Gasteiger partial charge in [-0.3, -0.25) is 9.89 Å². The number of aryl methyl sites for hydroxylation is 2. The summed E-state index contributed by atoms with van der Waals surface area (Å²) in [5, 5.41) is 7.96. The molecule has 0 fully saturated rings. The smallest absolute Gasteiger partial charge is 0.275 e. The Morgan fingerprint density at radius 1 is 1.39 bits per heavy atom. The molecule has 0 unspecified atom stereocenters. The Hall–Kier alpha value is -2.08. The molecule has 0 spiro atoms. The number of aromatic nitrogens is 2. The number of para-hydroxylation sites is 1. The van der Waals surface area contributed by atoms with Crippen molar-refractivity contribution in [3.63, 3.8) is 0 Å². The number of nitrogens with zero attached hydrogens (tertiary/aromatic N) is 2. The summed E-state index contributed by atoms with van der Waals surface area (Å²) in [5.41, 5.74) is 3.15. The lowest BCUT2D eigenvalue weighted by atomic mass is 10.1. The SMILES string of the molecule is CCc1oc2ccccc2c1CN(C)C(=O)c1n[nH]c(C)c1Br. The largest absolute Gasteiger partial charge is 0.461 e. The number of carbonyl (C=O) groups excluding carboxylic acids is 1. The third-order valence-corrected chi connectivity index (χ3v) is 4.89. The number of furan rings is 1. The van der Waals surface area contributed by atoms with Gasteiger partial charge in [-0.05, 0) is 28.9 Å². The molecular formula is C17H18BrN3O2. The fraction of sp³-hybridized carbons (Fsp3) is 0.294. The number of nitrogens with one attached hydrogen (secondary N) is 1. The summed E-state index contributed by atoms with van der Waals surface area (Å²) >= 11 is 3.41. The van der Waals surface area contributed by atoms with Gasteiger partial charge in [0.05, 0.1) is 4.47 Å². The Labute approximate surface area is 142 Å². The van der Waals surface area contributed by atoms with Gasteiger partial charge in [0.2, 0.25) is 0 Å². The van der Waals surface area contributed by atoms with Crippen molar-refractivity contribution >= 4 is 32.8 Å². The number of rotatable bonds is 4. The molecule has 0 aliphatic rings. The molecule has 0 aliphatic carbocycles. The van der Waals surface area contributed by atoms with Gasteiger partial charge < -0.3 is 9.32 Å². The Kier molecular flexibility index (Phi) is 4.26. The highest BCUT2D eigenvalue weighted by atomic mass is 79.9. The zero-order valence-corrected chi connectivity index (χ0v) is 14.9. The molecule has 0 radical (unpaired) electrons. The summed E-state index contributed by atoms with van der Waals surface area (Å²) in [5.74, 6) is 0.789. The maximum absolute atomic E-state index is 12.6. The van der Waals surface area contributed by atoms with E-state index in [4.69, 9.17) is 4.42 Å². The van der Waals surface area contributed by atoms with E-state index in [9.17, 15) is 4.79 Å². The Balaban J connectivity index is 1.92. The molecule has 0 bridgehead atoms. The second-order valence-electron chi connectivity index (χ2n) is 5.53. The molecule has 0 aliphatic heterocycles. The molecule has 2 aromatic heterocycles. The number of hydrogen-bond acceptors (Lipinski definition) is 3. The lowest BCUT2D eigenvalue weighted by Gasteiger charge is -2.16. The molecule has 2 heterocycles. The van der Waals surface area contributed by atoms with Crippen LogP contribution in [-0.4, -0.2) is 28.1 Å². The van der Waals surface area contributed by atoms with E-state index in [2.05, 4.69) is 33.1 Å². The topological polar surface area (TPSA) is 62.1 Å². The van der Waals surface area contributed by atoms with Crippen molar-refractivity contribution in [2.75, 3.05) is 7.05 Å². The van der Waals surface area contributed by atoms with Crippen molar-refractivity contribution in [1.29, 1.82) is 0 Å². The number of hydrogen-bond donors (Lipinski definition) is 1. The first-order valence-corrected chi connectivity index (χ1v) is 8.27. The van der Waals surface area contributed by atoms with Crippen LogP contribution in [0.5, 0.6) is 0 Å². The van der Waals surface area contributed by atoms with Gasteiger partial charge in [0.25, 0.3) is 5.91 Å². The summed E-state index contributed by atoms with van der Waals surface area (Å²) < 4.78 is 6.60. The molecule has 0 saturated carbocycles. The van der Waals surface area contributed by atoms with Crippen LogP contribution in [0.1, 0.15) is 34.4 Å². The summed E-state index contributed by atoms with van der Waals surface area (Å²) in [7, 11) is 1.78. The van der Waals surface area contributed by atoms with Crippen molar-refractivity contribution in [3.8, 4) is 0 Å². The summed E-state index contributed by atoms with van der Waals surface area (Å²) in [4.78, 5) is 14.3. The van der Waals surface area contributed by atoms with Crippen molar-refractivity contribution in [2.45, 2.75) is 26.8 Å². The van der Waals surface area contributed by atoms with Crippen LogP contribution >= 0.6 is 15.9 Å². The first-order chi connectivity index (χ1) is 11.0. The second-order valence-corrected chi connectivity index (χ2v) is 6.32. The van der Waals surface area contributed by atoms with E-state index < -0.39 is 0 Å². The van der Waals surface area contributed by atoms with Crippen LogP contribution in [0.2, 0.25) is 0 Å². The van der Waals surface area contributed by atoms with Gasteiger partial charge in [-0.25, -0.2) is 0 Å². The molecule has 1 N–H and O–H groups in total. The minimum absolute atomic E-state index is 0.131. The number of amides is 1. The van der Waals surface area contributed by atoms with E-state index in [1.54, 1.807) is 11.9 Å². The van der Waals surface area contributed by atoms with Crippen LogP contribution in [0, 0.1) is 6.92 Å². The van der Waals surface area contributed by atoms with E-state index in [0.29, 0.717) is 16.7 Å². The second kappa shape index (κ2) is 6.20. The molecule has 0 atom stereocenters. The first kappa shape index (κ1) is 15.8. The Bertz CT molecular complexity index is 866. The molecule has 1 aromatic carbocycles. The first-order valence-electron chi connectivity index (χ1n) is 7.48. The number of halogens is 1. The van der Waals surface area contributed by atoms with Crippen molar-refractivity contribution in [3.05, 3.63) is 51.4 Å². The molecule has 0 saturated heterocycles. The van der Waals surface area contributed by atoms with Crippen LogP contribution in [0.4, 0.5) is 0 Å². The maximum atomic E-state index is 12.6. The average Bonchev–Trinajstić information content (AvgIpc) is 3.08. The van der Waals surface area contributed by atoms with E-state index in [1.165, 1.54) is 0 Å². The van der Waals surface area contributed by atoms with Crippen molar-refractivity contribution in [1.82, 2.24) is 15.1 Å². The minimum Gasteiger partial charge on any atom is -0.461 e. The minimum atomic E-state index is -0.131. The number of H-pyrrole nitrogens is 1. The predicted octanol–water partition coefficient (Wildman–Crippen LogP) is 4.06. The summed E-state index contributed by atoms with van der Waals surface area (Å²) in [6.07, 6.45) is 0.789. The number of benzene rings is 1. The van der Waals surface area contributed by atoms with E-state index in [0.717, 1.165) is 34.4 Å². The molecule has 3 rings (SSSR count). The highest BCUT2D eigenvalue weighted by Crippen LogP contribution is 2.28. The fourth-order valence-electron chi connectivity index (χ4n) is 2.66. The number of fused-ring (bicyclic) bond motifs is 1. The molecule has 23 heavy (non-hydrogen) atoms. The fourth-order valence-corrected chi connectivity index (χ4v) is 3.00. The zero-order valence-electron chi connectivity index (χ0n) is 13.3. The Morgan fingerprint density at radius 3 is 2.78 bits per heavy atom. The number of carbonyl (C=O) groups is 1. The highest BCUT2D eigenvalue weighted by Gasteiger charge is 2.22. The van der Waals surface area contributed by atoms with Crippen molar-refractivity contribution < 1.29 is 9.21 Å². The van der Waals surface area contributed by atoms with Gasteiger partial charge in [-0.1, -0.05) is 25.1 Å². The van der Waals surface area contributed by atoms with Crippen LogP contribution in [-0.2, 0) is 13.0 Å². The van der Waals surface area contributed by atoms with Gasteiger partial charge in [0.1, 0.15) is 11.3 Å². The lowest BCUT2D eigenvalue weighted by molar-refractivity contribution is 0.0778. The van der Waals surface area contributed by atoms with Gasteiger partial charge >= 0.3 is 0 Å². The molecule has 120 valence electrons. The van der Waals surface area contributed by atoms with Crippen LogP contribution in [0.25, 0.3) is 11.0 Å². The van der Waals surface area contributed by atoms with Crippen LogP contribution in [0.3, 0.4) is 0 Å². The lowest BCUT2D eigenvalue weighted by Crippen LogP contribution is -2.27. The average molecular weight is 376 g/mol. The van der Waals surface area contributed by atoms with Gasteiger partial charge in [0.15, 0.2) is 5.69 Å². The molecule has 6 heteroatoms. The van der Waals surface area contributed by atoms with Crippen LogP contribution < -0.4 is 0 Å². The third kappa shape index (κ3) is 2.79. The highest BCUT2D eigenvalue weighted by molar-refractivity contribution is 9.10. The van der Waals surface area contributed by atoms with Gasteiger partial charge in [-0.15, -0.1) is 0 Å². The third-order valence-electron chi connectivity index (χ3n) is 3.92. The normalized spacial score (nSPS) is 11.1. The maximum Gasteiger partial charge on any atom is 0.275 e. The van der Waals surface area contributed by atoms with Crippen LogP contribution in [0.15, 0.2) is 33.2 Å². The van der Waals surface area contributed by atoms with E-state index in [-0.39, 0.29) is 5.91 Å². The Morgan fingerprint density at radius 2 is 2.13 bits per heavy atom.